The van der Waals surface area contributed by atoms with Crippen LogP contribution in [0.5, 0.6) is 0 Å². The zero-order valence-corrected chi connectivity index (χ0v) is 17.5. The minimum absolute atomic E-state index is 0.0239. The minimum Gasteiger partial charge on any atom is -0.334 e. The molecule has 0 aliphatic heterocycles. The van der Waals surface area contributed by atoms with Gasteiger partial charge in [0.2, 0.25) is 0 Å². The maximum Gasteiger partial charge on any atom is 0.433 e. The van der Waals surface area contributed by atoms with E-state index >= 15 is 0 Å². The number of alkyl halides is 3. The van der Waals surface area contributed by atoms with E-state index in [4.69, 9.17) is 0 Å². The van der Waals surface area contributed by atoms with Crippen LogP contribution in [0.15, 0.2) is 42.7 Å². The molecular weight excluding hydrogens is 409 g/mol. The van der Waals surface area contributed by atoms with Crippen molar-refractivity contribution < 1.29 is 18.0 Å². The van der Waals surface area contributed by atoms with Crippen LogP contribution in [0.1, 0.15) is 48.3 Å². The average molecular weight is 430 g/mol. The first-order valence-corrected chi connectivity index (χ1v) is 9.60. The third-order valence-electron chi connectivity index (χ3n) is 4.86. The molecule has 0 N–H and O–H groups in total. The fourth-order valence-electron chi connectivity index (χ4n) is 3.24. The summed E-state index contributed by atoms with van der Waals surface area (Å²) < 4.78 is 43.5. The minimum atomic E-state index is -4.64. The Morgan fingerprint density at radius 1 is 1.10 bits per heavy atom. The van der Waals surface area contributed by atoms with Gasteiger partial charge in [0, 0.05) is 30.9 Å². The van der Waals surface area contributed by atoms with E-state index in [0.29, 0.717) is 10.2 Å². The predicted octanol–water partition coefficient (Wildman–Crippen LogP) is 3.97. The lowest BCUT2D eigenvalue weighted by Gasteiger charge is -2.19. The number of carbonyl (C=O) groups excluding carboxylic acids is 1. The van der Waals surface area contributed by atoms with Gasteiger partial charge in [0.15, 0.2) is 11.3 Å². The van der Waals surface area contributed by atoms with Crippen LogP contribution >= 0.6 is 0 Å². The first-order valence-electron chi connectivity index (χ1n) is 9.60. The van der Waals surface area contributed by atoms with E-state index in [1.54, 1.807) is 34.0 Å². The summed E-state index contributed by atoms with van der Waals surface area (Å²) in [6.07, 6.45) is -1.01. The Hall–Kier alpha value is -3.43. The number of aromatic nitrogens is 5. The van der Waals surface area contributed by atoms with E-state index < -0.39 is 23.2 Å². The van der Waals surface area contributed by atoms with Crippen molar-refractivity contribution in [3.63, 3.8) is 0 Å². The predicted molar refractivity (Wildman–Crippen MR) is 108 cm³/mol. The van der Waals surface area contributed by atoms with Crippen molar-refractivity contribution in [2.75, 3.05) is 7.05 Å². The fraction of sp³-hybridized carbons (Fsp3) is 0.333. The first-order chi connectivity index (χ1) is 14.4. The van der Waals surface area contributed by atoms with Crippen LogP contribution in [0, 0.1) is 0 Å². The topological polar surface area (TPSA) is 67.8 Å². The maximum atomic E-state index is 13.6. The molecule has 0 aliphatic rings. The molecule has 31 heavy (non-hydrogen) atoms. The van der Waals surface area contributed by atoms with Gasteiger partial charge < -0.3 is 9.30 Å². The highest BCUT2D eigenvalue weighted by atomic mass is 19.4. The third-order valence-corrected chi connectivity index (χ3v) is 4.86. The number of rotatable bonds is 3. The lowest BCUT2D eigenvalue weighted by Crippen LogP contribution is -2.27. The standard InChI is InChI=1S/C21H21F3N6O/c1-20(2,3)15-10-16(21(22,23)24)30-18(26-15)9-14(27-30)19(31)28(4)11-13-12-29-8-6-5-7-17(29)25-13/h5-10,12H,11H2,1-4H3. The molecule has 0 aromatic carbocycles. The largest absolute Gasteiger partial charge is 0.433 e. The number of hydrogen-bond donors (Lipinski definition) is 0. The highest BCUT2D eigenvalue weighted by Gasteiger charge is 2.36. The quantitative estimate of drug-likeness (QED) is 0.493. The van der Waals surface area contributed by atoms with Gasteiger partial charge in [0.25, 0.3) is 5.91 Å². The Balaban J connectivity index is 1.69. The normalized spacial score (nSPS) is 12.6. The molecule has 0 aliphatic carbocycles. The van der Waals surface area contributed by atoms with Crippen molar-refractivity contribution in [2.24, 2.45) is 0 Å². The fourth-order valence-corrected chi connectivity index (χ4v) is 3.24. The lowest BCUT2D eigenvalue weighted by atomic mass is 9.91. The van der Waals surface area contributed by atoms with E-state index in [2.05, 4.69) is 15.1 Å². The van der Waals surface area contributed by atoms with Crippen LogP contribution < -0.4 is 0 Å². The van der Waals surface area contributed by atoms with Gasteiger partial charge >= 0.3 is 6.18 Å². The highest BCUT2D eigenvalue weighted by molar-refractivity contribution is 5.93. The van der Waals surface area contributed by atoms with Gasteiger partial charge in [-0.15, -0.1) is 0 Å². The van der Waals surface area contributed by atoms with Crippen molar-refractivity contribution in [3.8, 4) is 0 Å². The smallest absolute Gasteiger partial charge is 0.334 e. The molecule has 0 atom stereocenters. The summed E-state index contributed by atoms with van der Waals surface area (Å²) in [5.74, 6) is -0.520. The number of amides is 1. The van der Waals surface area contributed by atoms with Crippen LogP contribution in [0.4, 0.5) is 13.2 Å². The Bertz CT molecular complexity index is 1250. The molecule has 0 fully saturated rings. The highest BCUT2D eigenvalue weighted by Crippen LogP contribution is 2.32. The molecule has 1 amide bonds. The van der Waals surface area contributed by atoms with Gasteiger partial charge in [-0.1, -0.05) is 26.8 Å². The molecule has 0 saturated heterocycles. The number of hydrogen-bond acceptors (Lipinski definition) is 4. The summed E-state index contributed by atoms with van der Waals surface area (Å²) in [6.45, 7) is 5.51. The summed E-state index contributed by atoms with van der Waals surface area (Å²) in [5, 5.41) is 3.93. The van der Waals surface area contributed by atoms with Gasteiger partial charge in [-0.3, -0.25) is 4.79 Å². The molecular formula is C21H21F3N6O. The van der Waals surface area contributed by atoms with Crippen LogP contribution in [0.25, 0.3) is 11.3 Å². The van der Waals surface area contributed by atoms with Crippen molar-refractivity contribution in [3.05, 3.63) is 65.5 Å². The monoisotopic (exact) mass is 430 g/mol. The summed E-state index contributed by atoms with van der Waals surface area (Å²) >= 11 is 0. The summed E-state index contributed by atoms with van der Waals surface area (Å²) in [5.41, 5.74) is -0.0566. The number of nitrogens with zero attached hydrogens (tertiary/aromatic N) is 6. The number of carbonyl (C=O) groups is 1. The van der Waals surface area contributed by atoms with Gasteiger partial charge in [-0.2, -0.15) is 18.3 Å². The second kappa shape index (κ2) is 7.07. The van der Waals surface area contributed by atoms with Gasteiger partial charge in [0.05, 0.1) is 17.9 Å². The molecule has 0 bridgehead atoms. The van der Waals surface area contributed by atoms with E-state index in [1.807, 2.05) is 28.8 Å². The first kappa shape index (κ1) is 20.8. The molecule has 0 radical (unpaired) electrons. The molecule has 4 aromatic rings. The number of pyridine rings is 1. The van der Waals surface area contributed by atoms with Crippen LogP contribution in [-0.4, -0.2) is 41.8 Å². The second-order valence-corrected chi connectivity index (χ2v) is 8.43. The van der Waals surface area contributed by atoms with Crippen molar-refractivity contribution >= 4 is 17.2 Å². The van der Waals surface area contributed by atoms with Crippen LogP contribution in [0.3, 0.4) is 0 Å². The summed E-state index contributed by atoms with van der Waals surface area (Å²) in [4.78, 5) is 23.0. The Morgan fingerprint density at radius 3 is 2.48 bits per heavy atom. The molecule has 4 aromatic heterocycles. The number of halogens is 3. The molecule has 0 saturated carbocycles. The van der Waals surface area contributed by atoms with E-state index in [1.165, 1.54) is 11.0 Å². The molecule has 4 heterocycles. The van der Waals surface area contributed by atoms with Gasteiger partial charge in [-0.25, -0.2) is 14.5 Å². The van der Waals surface area contributed by atoms with Crippen molar-refractivity contribution in [2.45, 2.75) is 38.9 Å². The van der Waals surface area contributed by atoms with E-state index in [9.17, 15) is 18.0 Å². The van der Waals surface area contributed by atoms with Gasteiger partial charge in [-0.05, 0) is 18.2 Å². The third kappa shape index (κ3) is 3.97. The number of imidazole rings is 1. The molecule has 162 valence electrons. The van der Waals surface area contributed by atoms with Crippen molar-refractivity contribution in [1.29, 1.82) is 0 Å². The maximum absolute atomic E-state index is 13.6. The Kier molecular flexibility index (Phi) is 4.75. The number of fused-ring (bicyclic) bond motifs is 2. The lowest BCUT2D eigenvalue weighted by molar-refractivity contribution is -0.142. The zero-order valence-electron chi connectivity index (χ0n) is 17.5. The zero-order chi connectivity index (χ0) is 22.6. The average Bonchev–Trinajstić information content (AvgIpc) is 3.28. The van der Waals surface area contributed by atoms with Crippen LogP contribution in [-0.2, 0) is 18.1 Å². The van der Waals surface area contributed by atoms with E-state index in [0.717, 1.165) is 11.7 Å². The van der Waals surface area contributed by atoms with Crippen LogP contribution in [0.2, 0.25) is 0 Å². The SMILES string of the molecule is CN(Cc1cn2ccccc2n1)C(=O)c1cc2nc(C(C)(C)C)cc(C(F)(F)F)n2n1. The Morgan fingerprint density at radius 2 is 1.84 bits per heavy atom. The molecule has 0 unspecified atom stereocenters. The van der Waals surface area contributed by atoms with Gasteiger partial charge in [0.1, 0.15) is 11.3 Å². The molecule has 4 rings (SSSR count). The molecule has 0 spiro atoms. The summed E-state index contributed by atoms with van der Waals surface area (Å²) in [6, 6.07) is 7.82. The Labute approximate surface area is 176 Å². The van der Waals surface area contributed by atoms with E-state index in [-0.39, 0.29) is 23.6 Å². The second-order valence-electron chi connectivity index (χ2n) is 8.43. The summed E-state index contributed by atoms with van der Waals surface area (Å²) in [7, 11) is 1.55. The molecule has 10 heteroatoms. The van der Waals surface area contributed by atoms with Crippen molar-refractivity contribution in [1.82, 2.24) is 28.9 Å². The molecule has 7 nitrogen and oxygen atoms in total.